The van der Waals surface area contributed by atoms with Crippen LogP contribution in [0.15, 0.2) is 53.4 Å². The summed E-state index contributed by atoms with van der Waals surface area (Å²) < 4.78 is 27.3. The zero-order valence-corrected chi connectivity index (χ0v) is 14.6. The molecule has 1 aliphatic heterocycles. The number of carbonyl (C=O) groups excluding carboxylic acids is 1. The zero-order valence-electron chi connectivity index (χ0n) is 13.1. The molecule has 0 radical (unpaired) electrons. The monoisotopic (exact) mass is 364 g/mol. The molecule has 7 heteroatoms. The second kappa shape index (κ2) is 6.55. The van der Waals surface area contributed by atoms with Gasteiger partial charge in [-0.2, -0.15) is 4.72 Å². The fourth-order valence-electron chi connectivity index (χ4n) is 2.79. The van der Waals surface area contributed by atoms with Gasteiger partial charge in [0.25, 0.3) is 0 Å². The Morgan fingerprint density at radius 3 is 2.71 bits per heavy atom. The van der Waals surface area contributed by atoms with Gasteiger partial charge < -0.3 is 4.90 Å². The van der Waals surface area contributed by atoms with Crippen LogP contribution < -0.4 is 9.62 Å². The molecule has 1 N–H and O–H groups in total. The van der Waals surface area contributed by atoms with Crippen molar-refractivity contribution in [2.24, 2.45) is 0 Å². The van der Waals surface area contributed by atoms with Crippen LogP contribution in [0, 0.1) is 0 Å². The van der Waals surface area contributed by atoms with E-state index in [2.05, 4.69) is 4.72 Å². The topological polar surface area (TPSA) is 66.5 Å². The smallest absolute Gasteiger partial charge is 0.244 e. The summed E-state index contributed by atoms with van der Waals surface area (Å²) in [7, 11) is -3.82. The Labute approximate surface area is 146 Å². The molecule has 126 valence electrons. The number of amides is 1. The molecule has 0 fully saturated rings. The molecule has 0 aliphatic carbocycles. The van der Waals surface area contributed by atoms with Crippen molar-refractivity contribution in [1.29, 1.82) is 0 Å². The number of nitrogens with zero attached hydrogens (tertiary/aromatic N) is 1. The molecule has 1 atom stereocenters. The number of rotatable bonds is 4. The highest BCUT2D eigenvalue weighted by Crippen LogP contribution is 2.28. The number of para-hydroxylation sites is 1. The van der Waals surface area contributed by atoms with Gasteiger partial charge in [0.1, 0.15) is 0 Å². The molecule has 3 rings (SSSR count). The van der Waals surface area contributed by atoms with E-state index in [1.165, 1.54) is 12.1 Å². The van der Waals surface area contributed by atoms with Crippen LogP contribution in [0.5, 0.6) is 0 Å². The maximum atomic E-state index is 12.7. The predicted octanol–water partition coefficient (Wildman–Crippen LogP) is 2.60. The Bertz CT molecular complexity index is 883. The molecule has 0 aromatic heterocycles. The molecule has 0 bridgehead atoms. The highest BCUT2D eigenvalue weighted by molar-refractivity contribution is 7.89. The van der Waals surface area contributed by atoms with Crippen LogP contribution in [-0.4, -0.2) is 26.9 Å². The van der Waals surface area contributed by atoms with Crippen molar-refractivity contribution >= 4 is 33.2 Å². The second-order valence-corrected chi connectivity index (χ2v) is 7.82. The summed E-state index contributed by atoms with van der Waals surface area (Å²) in [5.41, 5.74) is 1.94. The van der Waals surface area contributed by atoms with Crippen LogP contribution in [0.2, 0.25) is 5.02 Å². The lowest BCUT2D eigenvalue weighted by Gasteiger charge is -2.22. The number of hydrogen-bond acceptors (Lipinski definition) is 3. The van der Waals surface area contributed by atoms with E-state index >= 15 is 0 Å². The van der Waals surface area contributed by atoms with Gasteiger partial charge in [-0.3, -0.25) is 4.79 Å². The van der Waals surface area contributed by atoms with Crippen LogP contribution in [0.1, 0.15) is 12.5 Å². The number of hydrogen-bond donors (Lipinski definition) is 1. The van der Waals surface area contributed by atoms with Crippen molar-refractivity contribution in [3.8, 4) is 0 Å². The minimum Gasteiger partial charge on any atom is -0.310 e. The van der Waals surface area contributed by atoms with E-state index in [1.54, 1.807) is 24.0 Å². The number of benzene rings is 2. The third-order valence-corrected chi connectivity index (χ3v) is 5.74. The molecule has 24 heavy (non-hydrogen) atoms. The van der Waals surface area contributed by atoms with Gasteiger partial charge in [-0.05, 0) is 43.2 Å². The summed E-state index contributed by atoms with van der Waals surface area (Å²) >= 11 is 5.84. The Balaban J connectivity index is 1.78. The lowest BCUT2D eigenvalue weighted by atomic mass is 10.2. The highest BCUT2D eigenvalue weighted by atomic mass is 35.5. The largest absolute Gasteiger partial charge is 0.310 e. The molecule has 1 aliphatic rings. The molecule has 5 nitrogen and oxygen atoms in total. The van der Waals surface area contributed by atoms with E-state index in [0.29, 0.717) is 11.6 Å². The summed E-state index contributed by atoms with van der Waals surface area (Å²) in [5.74, 6) is -0.273. The zero-order chi connectivity index (χ0) is 17.3. The molecule has 2 aromatic carbocycles. The van der Waals surface area contributed by atoms with Crippen LogP contribution in [0.25, 0.3) is 0 Å². The van der Waals surface area contributed by atoms with Crippen LogP contribution in [0.3, 0.4) is 0 Å². The van der Waals surface area contributed by atoms with Gasteiger partial charge in [-0.1, -0.05) is 35.9 Å². The first-order chi connectivity index (χ1) is 11.4. The fourth-order valence-corrected chi connectivity index (χ4v) is 4.28. The Morgan fingerprint density at radius 2 is 1.96 bits per heavy atom. The van der Waals surface area contributed by atoms with Gasteiger partial charge in [0.2, 0.25) is 15.9 Å². The van der Waals surface area contributed by atoms with Crippen LogP contribution in [-0.2, 0) is 21.2 Å². The van der Waals surface area contributed by atoms with E-state index in [1.807, 2.05) is 24.3 Å². The van der Waals surface area contributed by atoms with E-state index < -0.39 is 16.1 Å². The van der Waals surface area contributed by atoms with Crippen molar-refractivity contribution in [2.75, 3.05) is 11.4 Å². The van der Waals surface area contributed by atoms with E-state index in [0.717, 1.165) is 17.7 Å². The van der Waals surface area contributed by atoms with E-state index in [-0.39, 0.29) is 10.8 Å². The van der Waals surface area contributed by atoms with Crippen molar-refractivity contribution in [1.82, 2.24) is 4.72 Å². The number of carbonyl (C=O) groups is 1. The summed E-state index contributed by atoms with van der Waals surface area (Å²) in [6, 6.07) is 12.7. The highest BCUT2D eigenvalue weighted by Gasteiger charge is 2.30. The first kappa shape index (κ1) is 17.0. The number of fused-ring (bicyclic) bond motifs is 1. The summed E-state index contributed by atoms with van der Waals surface area (Å²) in [6.07, 6.45) is 0.773. The quantitative estimate of drug-likeness (QED) is 0.906. The average Bonchev–Trinajstić information content (AvgIpc) is 2.97. The molecular formula is C17H17ClN2O3S. The summed E-state index contributed by atoms with van der Waals surface area (Å²) in [5, 5.41) is 0.324. The maximum absolute atomic E-state index is 12.7. The lowest BCUT2D eigenvalue weighted by molar-refractivity contribution is -0.119. The molecule has 2 aromatic rings. The number of sulfonamides is 1. The minimum atomic E-state index is -3.82. The van der Waals surface area contributed by atoms with E-state index in [9.17, 15) is 13.2 Å². The Kier molecular flexibility index (Phi) is 4.62. The predicted molar refractivity (Wildman–Crippen MR) is 93.7 cm³/mol. The number of halogens is 1. The first-order valence-corrected chi connectivity index (χ1v) is 9.42. The van der Waals surface area contributed by atoms with Crippen LogP contribution in [0.4, 0.5) is 5.69 Å². The van der Waals surface area contributed by atoms with Crippen molar-refractivity contribution in [3.63, 3.8) is 0 Å². The Morgan fingerprint density at radius 1 is 1.21 bits per heavy atom. The third kappa shape index (κ3) is 3.31. The van der Waals surface area contributed by atoms with Crippen molar-refractivity contribution < 1.29 is 13.2 Å². The van der Waals surface area contributed by atoms with Gasteiger partial charge in [-0.25, -0.2) is 8.42 Å². The average molecular weight is 365 g/mol. The van der Waals surface area contributed by atoms with Gasteiger partial charge in [0, 0.05) is 17.3 Å². The normalized spacial score (nSPS) is 15.2. The molecule has 0 saturated carbocycles. The maximum Gasteiger partial charge on any atom is 0.244 e. The lowest BCUT2D eigenvalue weighted by Crippen LogP contribution is -2.46. The summed E-state index contributed by atoms with van der Waals surface area (Å²) in [4.78, 5) is 14.3. The fraction of sp³-hybridized carbons (Fsp3) is 0.235. The van der Waals surface area contributed by atoms with Crippen molar-refractivity contribution in [2.45, 2.75) is 24.3 Å². The third-order valence-electron chi connectivity index (χ3n) is 3.96. The first-order valence-electron chi connectivity index (χ1n) is 7.56. The number of anilines is 1. The van der Waals surface area contributed by atoms with Gasteiger partial charge >= 0.3 is 0 Å². The van der Waals surface area contributed by atoms with E-state index in [4.69, 9.17) is 11.6 Å². The molecule has 0 spiro atoms. The SMILES string of the molecule is C[C@@H](NS(=O)(=O)c1cccc(Cl)c1)C(=O)N1CCc2ccccc21. The summed E-state index contributed by atoms with van der Waals surface area (Å²) in [6.45, 7) is 2.10. The molecular weight excluding hydrogens is 348 g/mol. The molecule has 1 heterocycles. The van der Waals surface area contributed by atoms with Crippen LogP contribution >= 0.6 is 11.6 Å². The van der Waals surface area contributed by atoms with Gasteiger partial charge in [0.15, 0.2) is 0 Å². The number of nitrogens with one attached hydrogen (secondary N) is 1. The molecule has 1 amide bonds. The van der Waals surface area contributed by atoms with Crippen molar-refractivity contribution in [3.05, 3.63) is 59.1 Å². The Hall–Kier alpha value is -1.89. The second-order valence-electron chi connectivity index (χ2n) is 5.67. The van der Waals surface area contributed by atoms with Gasteiger partial charge in [-0.15, -0.1) is 0 Å². The van der Waals surface area contributed by atoms with Gasteiger partial charge in [0.05, 0.1) is 10.9 Å². The molecule has 0 unspecified atom stereocenters. The minimum absolute atomic E-state index is 0.0384. The standard InChI is InChI=1S/C17H17ClN2O3S/c1-12(19-24(22,23)15-7-4-6-14(18)11-15)17(21)20-10-9-13-5-2-3-8-16(13)20/h2-8,11-12,19H,9-10H2,1H3/t12-/m1/s1. The molecule has 0 saturated heterocycles.